The summed E-state index contributed by atoms with van der Waals surface area (Å²) in [4.78, 5) is 0. The monoisotopic (exact) mass is 309 g/mol. The summed E-state index contributed by atoms with van der Waals surface area (Å²) in [6, 6.07) is 0.186. The van der Waals surface area contributed by atoms with Crippen LogP contribution in [0.5, 0.6) is 0 Å². The zero-order valence-electron chi connectivity index (χ0n) is 9.57. The van der Waals surface area contributed by atoms with Gasteiger partial charge in [0, 0.05) is 17.9 Å². The predicted molar refractivity (Wildman–Crippen MR) is 69.3 cm³/mol. The van der Waals surface area contributed by atoms with E-state index in [0.29, 0.717) is 11.7 Å². The van der Waals surface area contributed by atoms with Crippen molar-refractivity contribution in [3.63, 3.8) is 0 Å². The van der Waals surface area contributed by atoms with Crippen molar-refractivity contribution in [2.45, 2.75) is 44.6 Å². The Bertz CT molecular complexity index is 327. The Kier molecular flexibility index (Phi) is 4.30. The molecule has 16 heavy (non-hydrogen) atoms. The van der Waals surface area contributed by atoms with E-state index < -0.39 is 10.0 Å². The average Bonchev–Trinajstić information content (AvgIpc) is 3.02. The molecule has 2 aliphatic rings. The first-order chi connectivity index (χ1) is 7.63. The molecule has 1 aliphatic heterocycles. The third-order valence-corrected chi connectivity index (χ3v) is 6.34. The molecule has 1 heterocycles. The molecule has 2 rings (SSSR count). The Hall–Kier alpha value is 0.390. The summed E-state index contributed by atoms with van der Waals surface area (Å²) in [5.41, 5.74) is 0. The second kappa shape index (κ2) is 5.36. The number of hydrogen-bond acceptors (Lipinski definition) is 2. The SMILES string of the molecule is O=S(=O)(CC1CC1)N1CCCCCC1CBr. The summed E-state index contributed by atoms with van der Waals surface area (Å²) in [5, 5.41) is 0.775. The van der Waals surface area contributed by atoms with E-state index in [0.717, 1.165) is 44.0 Å². The molecule has 0 aromatic carbocycles. The molecule has 5 heteroatoms. The van der Waals surface area contributed by atoms with Gasteiger partial charge in [-0.05, 0) is 31.6 Å². The standard InChI is InChI=1S/C11H20BrNO2S/c12-8-11-4-2-1-3-7-13(11)16(14,15)9-10-5-6-10/h10-11H,1-9H2. The summed E-state index contributed by atoms with van der Waals surface area (Å²) < 4.78 is 26.3. The van der Waals surface area contributed by atoms with Crippen LogP contribution in [0.25, 0.3) is 0 Å². The van der Waals surface area contributed by atoms with E-state index in [4.69, 9.17) is 0 Å². The van der Waals surface area contributed by atoms with Crippen molar-refractivity contribution in [3.8, 4) is 0 Å². The third kappa shape index (κ3) is 3.20. The van der Waals surface area contributed by atoms with Gasteiger partial charge in [-0.2, -0.15) is 4.31 Å². The molecule has 2 fully saturated rings. The van der Waals surface area contributed by atoms with Crippen molar-refractivity contribution in [2.75, 3.05) is 17.6 Å². The fourth-order valence-electron chi connectivity index (χ4n) is 2.35. The summed E-state index contributed by atoms with van der Waals surface area (Å²) in [5.74, 6) is 0.834. The first kappa shape index (κ1) is 12.8. The quantitative estimate of drug-likeness (QED) is 0.748. The van der Waals surface area contributed by atoms with Gasteiger partial charge in [0.25, 0.3) is 0 Å². The molecule has 1 atom stereocenters. The van der Waals surface area contributed by atoms with Gasteiger partial charge in [0.15, 0.2) is 0 Å². The second-order valence-electron chi connectivity index (χ2n) is 4.99. The van der Waals surface area contributed by atoms with Crippen LogP contribution in [-0.2, 0) is 10.0 Å². The van der Waals surface area contributed by atoms with Gasteiger partial charge < -0.3 is 0 Å². The maximum Gasteiger partial charge on any atom is 0.214 e. The highest BCUT2D eigenvalue weighted by molar-refractivity contribution is 9.09. The molecule has 1 saturated heterocycles. The van der Waals surface area contributed by atoms with Crippen LogP contribution >= 0.6 is 15.9 Å². The molecular weight excluding hydrogens is 290 g/mol. The van der Waals surface area contributed by atoms with E-state index >= 15 is 0 Å². The third-order valence-electron chi connectivity index (χ3n) is 3.50. The van der Waals surface area contributed by atoms with E-state index in [-0.39, 0.29) is 6.04 Å². The maximum atomic E-state index is 12.3. The minimum Gasteiger partial charge on any atom is -0.212 e. The molecule has 0 N–H and O–H groups in total. The fraction of sp³-hybridized carbons (Fsp3) is 1.00. The van der Waals surface area contributed by atoms with Crippen molar-refractivity contribution >= 4 is 26.0 Å². The molecule has 0 aromatic rings. The fourth-order valence-corrected chi connectivity index (χ4v) is 5.38. The summed E-state index contributed by atoms with van der Waals surface area (Å²) in [7, 11) is -3.00. The average molecular weight is 310 g/mol. The first-order valence-corrected chi connectivity index (χ1v) is 8.92. The zero-order valence-corrected chi connectivity index (χ0v) is 12.0. The summed E-state index contributed by atoms with van der Waals surface area (Å²) in [6.07, 6.45) is 6.56. The molecule has 0 amide bonds. The van der Waals surface area contributed by atoms with Crippen LogP contribution in [-0.4, -0.2) is 36.4 Å². The Morgan fingerprint density at radius 1 is 1.12 bits per heavy atom. The predicted octanol–water partition coefficient (Wildman–Crippen LogP) is 2.37. The van der Waals surface area contributed by atoms with Gasteiger partial charge in [-0.15, -0.1) is 0 Å². The van der Waals surface area contributed by atoms with Crippen LogP contribution in [0.2, 0.25) is 0 Å². The van der Waals surface area contributed by atoms with Crippen molar-refractivity contribution in [1.29, 1.82) is 0 Å². The van der Waals surface area contributed by atoms with Gasteiger partial charge in [0.2, 0.25) is 10.0 Å². The Morgan fingerprint density at radius 2 is 1.88 bits per heavy atom. The molecule has 0 spiro atoms. The van der Waals surface area contributed by atoms with E-state index in [1.165, 1.54) is 6.42 Å². The lowest BCUT2D eigenvalue weighted by atomic mass is 10.1. The topological polar surface area (TPSA) is 37.4 Å². The summed E-state index contributed by atoms with van der Waals surface area (Å²) in [6.45, 7) is 0.728. The van der Waals surface area contributed by atoms with E-state index in [1.807, 2.05) is 0 Å². The largest absolute Gasteiger partial charge is 0.214 e. The molecule has 0 aromatic heterocycles. The Morgan fingerprint density at radius 3 is 2.50 bits per heavy atom. The highest BCUT2D eigenvalue weighted by atomic mass is 79.9. The normalized spacial score (nSPS) is 28.9. The maximum absolute atomic E-state index is 12.3. The van der Waals surface area contributed by atoms with Gasteiger partial charge in [-0.1, -0.05) is 28.8 Å². The van der Waals surface area contributed by atoms with Crippen LogP contribution in [0.4, 0.5) is 0 Å². The smallest absolute Gasteiger partial charge is 0.212 e. The summed E-state index contributed by atoms with van der Waals surface area (Å²) >= 11 is 3.45. The molecule has 94 valence electrons. The van der Waals surface area contributed by atoms with Crippen molar-refractivity contribution < 1.29 is 8.42 Å². The highest BCUT2D eigenvalue weighted by Crippen LogP contribution is 2.32. The van der Waals surface area contributed by atoms with Crippen LogP contribution in [0.3, 0.4) is 0 Å². The molecule has 1 saturated carbocycles. The molecule has 3 nitrogen and oxygen atoms in total. The first-order valence-electron chi connectivity index (χ1n) is 6.19. The number of hydrogen-bond donors (Lipinski definition) is 0. The van der Waals surface area contributed by atoms with Crippen molar-refractivity contribution in [1.82, 2.24) is 4.31 Å². The van der Waals surface area contributed by atoms with Gasteiger partial charge >= 0.3 is 0 Å². The zero-order chi connectivity index (χ0) is 11.6. The van der Waals surface area contributed by atoms with Gasteiger partial charge in [-0.3, -0.25) is 0 Å². The molecule has 1 unspecified atom stereocenters. The molecule has 1 aliphatic carbocycles. The van der Waals surface area contributed by atoms with Gasteiger partial charge in [0.1, 0.15) is 0 Å². The lowest BCUT2D eigenvalue weighted by Gasteiger charge is -2.27. The second-order valence-corrected chi connectivity index (χ2v) is 7.60. The van der Waals surface area contributed by atoms with Crippen molar-refractivity contribution in [2.24, 2.45) is 5.92 Å². The number of halogens is 1. The lowest BCUT2D eigenvalue weighted by Crippen LogP contribution is -2.42. The molecular formula is C11H20BrNO2S. The lowest BCUT2D eigenvalue weighted by molar-refractivity contribution is 0.347. The number of nitrogens with zero attached hydrogens (tertiary/aromatic N) is 1. The van der Waals surface area contributed by atoms with Crippen molar-refractivity contribution in [3.05, 3.63) is 0 Å². The number of sulfonamides is 1. The Balaban J connectivity index is 2.07. The van der Waals surface area contributed by atoms with E-state index in [1.54, 1.807) is 4.31 Å². The van der Waals surface area contributed by atoms with Gasteiger partial charge in [-0.25, -0.2) is 8.42 Å². The molecule has 0 bridgehead atoms. The van der Waals surface area contributed by atoms with Crippen LogP contribution in [0.15, 0.2) is 0 Å². The van der Waals surface area contributed by atoms with E-state index in [9.17, 15) is 8.42 Å². The molecule has 0 radical (unpaired) electrons. The van der Waals surface area contributed by atoms with Gasteiger partial charge in [0.05, 0.1) is 5.75 Å². The minimum atomic E-state index is -3.00. The number of alkyl halides is 1. The van der Waals surface area contributed by atoms with Crippen LogP contribution < -0.4 is 0 Å². The minimum absolute atomic E-state index is 0.186. The Labute approximate surface area is 107 Å². The highest BCUT2D eigenvalue weighted by Gasteiger charge is 2.35. The van der Waals surface area contributed by atoms with Crippen LogP contribution in [0.1, 0.15) is 38.5 Å². The van der Waals surface area contributed by atoms with Crippen LogP contribution in [0, 0.1) is 5.92 Å². The van der Waals surface area contributed by atoms with E-state index in [2.05, 4.69) is 15.9 Å². The number of rotatable bonds is 4.